The SMILES string of the molecule is Cc1ccc(F)cc1CC(N)c1c(F)cccc1Br. The van der Waals surface area contributed by atoms with Crippen molar-refractivity contribution in [2.45, 2.75) is 19.4 Å². The van der Waals surface area contributed by atoms with Crippen molar-refractivity contribution in [3.63, 3.8) is 0 Å². The molecule has 19 heavy (non-hydrogen) atoms. The van der Waals surface area contributed by atoms with E-state index in [0.29, 0.717) is 16.5 Å². The first kappa shape index (κ1) is 14.2. The minimum absolute atomic E-state index is 0.305. The second kappa shape index (κ2) is 5.80. The molecule has 2 rings (SSSR count). The Morgan fingerprint density at radius 2 is 1.95 bits per heavy atom. The highest BCUT2D eigenvalue weighted by atomic mass is 79.9. The fourth-order valence-electron chi connectivity index (χ4n) is 2.06. The van der Waals surface area contributed by atoms with Gasteiger partial charge in [0.15, 0.2) is 0 Å². The molecule has 0 aliphatic heterocycles. The summed E-state index contributed by atoms with van der Waals surface area (Å²) in [5.74, 6) is -0.656. The highest BCUT2D eigenvalue weighted by Gasteiger charge is 2.16. The van der Waals surface area contributed by atoms with E-state index in [4.69, 9.17) is 5.73 Å². The van der Waals surface area contributed by atoms with Gasteiger partial charge in [-0.15, -0.1) is 0 Å². The van der Waals surface area contributed by atoms with E-state index >= 15 is 0 Å². The lowest BCUT2D eigenvalue weighted by Crippen LogP contribution is -2.16. The van der Waals surface area contributed by atoms with Gasteiger partial charge >= 0.3 is 0 Å². The first-order valence-electron chi connectivity index (χ1n) is 5.93. The summed E-state index contributed by atoms with van der Waals surface area (Å²) in [6.07, 6.45) is 0.392. The Morgan fingerprint density at radius 3 is 2.63 bits per heavy atom. The van der Waals surface area contributed by atoms with Crippen LogP contribution in [0.25, 0.3) is 0 Å². The third kappa shape index (κ3) is 3.19. The molecule has 0 aromatic heterocycles. The molecule has 2 aromatic carbocycles. The van der Waals surface area contributed by atoms with Crippen LogP contribution in [0.5, 0.6) is 0 Å². The van der Waals surface area contributed by atoms with Crippen LogP contribution >= 0.6 is 15.9 Å². The van der Waals surface area contributed by atoms with Crippen molar-refractivity contribution in [1.82, 2.24) is 0 Å². The third-order valence-corrected chi connectivity index (χ3v) is 3.81. The summed E-state index contributed by atoms with van der Waals surface area (Å²) in [5.41, 5.74) is 8.22. The van der Waals surface area contributed by atoms with Gasteiger partial charge in [0, 0.05) is 16.1 Å². The van der Waals surface area contributed by atoms with Crippen LogP contribution < -0.4 is 5.73 Å². The number of halogens is 3. The quantitative estimate of drug-likeness (QED) is 0.895. The van der Waals surface area contributed by atoms with Gasteiger partial charge in [-0.1, -0.05) is 28.1 Å². The lowest BCUT2D eigenvalue weighted by atomic mass is 9.96. The Balaban J connectivity index is 2.31. The highest BCUT2D eigenvalue weighted by Crippen LogP contribution is 2.28. The predicted molar refractivity (Wildman–Crippen MR) is 75.9 cm³/mol. The van der Waals surface area contributed by atoms with Crippen molar-refractivity contribution < 1.29 is 8.78 Å². The van der Waals surface area contributed by atoms with E-state index in [0.717, 1.165) is 11.1 Å². The summed E-state index contributed by atoms with van der Waals surface area (Å²) in [6.45, 7) is 1.89. The maximum absolute atomic E-state index is 13.8. The molecular weight excluding hydrogens is 312 g/mol. The first-order chi connectivity index (χ1) is 8.99. The van der Waals surface area contributed by atoms with Gasteiger partial charge in [-0.25, -0.2) is 8.78 Å². The number of nitrogens with two attached hydrogens (primary N) is 1. The normalized spacial score (nSPS) is 12.5. The summed E-state index contributed by atoms with van der Waals surface area (Å²) in [4.78, 5) is 0. The van der Waals surface area contributed by atoms with Crippen LogP contribution in [0.3, 0.4) is 0 Å². The van der Waals surface area contributed by atoms with Crippen LogP contribution in [0.15, 0.2) is 40.9 Å². The maximum atomic E-state index is 13.8. The smallest absolute Gasteiger partial charge is 0.129 e. The zero-order valence-corrected chi connectivity index (χ0v) is 12.0. The standard InChI is InChI=1S/C15H14BrF2N/c1-9-5-6-11(17)7-10(9)8-14(19)15-12(16)3-2-4-13(15)18/h2-7,14H,8,19H2,1H3. The summed E-state index contributed by atoms with van der Waals surface area (Å²) in [5, 5.41) is 0. The van der Waals surface area contributed by atoms with Crippen LogP contribution in [0.4, 0.5) is 8.78 Å². The molecule has 1 atom stereocenters. The minimum atomic E-state index is -0.518. The Hall–Kier alpha value is -1.26. The highest BCUT2D eigenvalue weighted by molar-refractivity contribution is 9.10. The number of hydrogen-bond donors (Lipinski definition) is 1. The second-order valence-electron chi connectivity index (χ2n) is 4.52. The van der Waals surface area contributed by atoms with Gasteiger partial charge in [-0.05, 0) is 48.7 Å². The number of aryl methyl sites for hydroxylation is 1. The van der Waals surface area contributed by atoms with E-state index in [9.17, 15) is 8.78 Å². The van der Waals surface area contributed by atoms with Crippen LogP contribution in [-0.2, 0) is 6.42 Å². The van der Waals surface area contributed by atoms with Gasteiger partial charge in [0.1, 0.15) is 11.6 Å². The average molecular weight is 326 g/mol. The molecule has 1 nitrogen and oxygen atoms in total. The molecule has 1 unspecified atom stereocenters. The van der Waals surface area contributed by atoms with Crippen LogP contribution in [0.2, 0.25) is 0 Å². The minimum Gasteiger partial charge on any atom is -0.324 e. The second-order valence-corrected chi connectivity index (χ2v) is 5.37. The molecule has 0 spiro atoms. The molecule has 0 amide bonds. The topological polar surface area (TPSA) is 26.0 Å². The predicted octanol–water partition coefficient (Wildman–Crippen LogP) is 4.28. The molecule has 0 saturated carbocycles. The van der Waals surface area contributed by atoms with Crippen molar-refractivity contribution >= 4 is 15.9 Å². The lowest BCUT2D eigenvalue weighted by molar-refractivity contribution is 0.575. The maximum Gasteiger partial charge on any atom is 0.129 e. The van der Waals surface area contributed by atoms with Crippen molar-refractivity contribution in [3.05, 3.63) is 69.2 Å². The van der Waals surface area contributed by atoms with Gasteiger partial charge in [-0.2, -0.15) is 0 Å². The first-order valence-corrected chi connectivity index (χ1v) is 6.73. The van der Waals surface area contributed by atoms with Crippen LogP contribution in [-0.4, -0.2) is 0 Å². The van der Waals surface area contributed by atoms with Gasteiger partial charge in [-0.3, -0.25) is 0 Å². The Kier molecular flexibility index (Phi) is 4.32. The van der Waals surface area contributed by atoms with Gasteiger partial charge < -0.3 is 5.73 Å². The van der Waals surface area contributed by atoms with E-state index in [2.05, 4.69) is 15.9 Å². The molecule has 0 bridgehead atoms. The largest absolute Gasteiger partial charge is 0.324 e. The zero-order chi connectivity index (χ0) is 14.0. The Bertz CT molecular complexity index is 578. The van der Waals surface area contributed by atoms with Gasteiger partial charge in [0.25, 0.3) is 0 Å². The van der Waals surface area contributed by atoms with Crippen molar-refractivity contribution in [2.75, 3.05) is 0 Å². The average Bonchev–Trinajstić information content (AvgIpc) is 2.33. The van der Waals surface area contributed by atoms with Crippen LogP contribution in [0, 0.1) is 18.6 Å². The van der Waals surface area contributed by atoms with E-state index < -0.39 is 6.04 Å². The van der Waals surface area contributed by atoms with Gasteiger partial charge in [0.2, 0.25) is 0 Å². The molecule has 0 radical (unpaired) electrons. The molecular formula is C15H14BrF2N. The van der Waals surface area contributed by atoms with Crippen molar-refractivity contribution in [2.24, 2.45) is 5.73 Å². The molecule has 0 saturated heterocycles. The summed E-state index contributed by atoms with van der Waals surface area (Å²) >= 11 is 3.30. The van der Waals surface area contributed by atoms with Gasteiger partial charge in [0.05, 0.1) is 0 Å². The fourth-order valence-corrected chi connectivity index (χ4v) is 2.70. The molecule has 2 aromatic rings. The fraction of sp³-hybridized carbons (Fsp3) is 0.200. The van der Waals surface area contributed by atoms with Crippen LogP contribution in [0.1, 0.15) is 22.7 Å². The lowest BCUT2D eigenvalue weighted by Gasteiger charge is -2.16. The molecule has 0 heterocycles. The van der Waals surface area contributed by atoms with Crippen molar-refractivity contribution in [3.8, 4) is 0 Å². The van der Waals surface area contributed by atoms with E-state index in [1.807, 2.05) is 6.92 Å². The number of rotatable bonds is 3. The number of hydrogen-bond acceptors (Lipinski definition) is 1. The summed E-state index contributed by atoms with van der Waals surface area (Å²) < 4.78 is 27.7. The molecule has 0 aliphatic carbocycles. The Morgan fingerprint density at radius 1 is 1.21 bits per heavy atom. The van der Waals surface area contributed by atoms with Crippen molar-refractivity contribution in [1.29, 1.82) is 0 Å². The summed E-state index contributed by atoms with van der Waals surface area (Å²) in [6, 6.07) is 8.77. The third-order valence-electron chi connectivity index (χ3n) is 3.12. The Labute approximate surface area is 119 Å². The molecule has 4 heteroatoms. The molecule has 2 N–H and O–H groups in total. The van der Waals surface area contributed by atoms with E-state index in [-0.39, 0.29) is 11.6 Å². The van der Waals surface area contributed by atoms with E-state index in [1.54, 1.807) is 18.2 Å². The molecule has 100 valence electrons. The monoisotopic (exact) mass is 325 g/mol. The zero-order valence-electron chi connectivity index (χ0n) is 10.5. The number of benzene rings is 2. The summed E-state index contributed by atoms with van der Waals surface area (Å²) in [7, 11) is 0. The molecule has 0 fully saturated rings. The van der Waals surface area contributed by atoms with E-state index in [1.165, 1.54) is 18.2 Å². The molecule has 0 aliphatic rings.